The quantitative estimate of drug-likeness (QED) is 0.278. The summed E-state index contributed by atoms with van der Waals surface area (Å²) >= 11 is 0. The number of hydrogen-bond acceptors (Lipinski definition) is 9. The maximum atomic E-state index is 13.4. The lowest BCUT2D eigenvalue weighted by molar-refractivity contribution is -0.137. The summed E-state index contributed by atoms with van der Waals surface area (Å²) in [5.41, 5.74) is -0.912. The Labute approximate surface area is 220 Å². The van der Waals surface area contributed by atoms with Gasteiger partial charge in [0.15, 0.2) is 27.3 Å². The number of benzene rings is 1. The standard InChI is InChI=1S/C24H22F4N6O4S/c1-14(7-20-30-11-17(25)12-31-20)39(35,36)13-21-32-33-23(15-8-16(10-29-9-15)24(26,27)28)34(21)22-18(37-2)5-4-6-19(22)38-3/h4-6,8-12,14H,7,13H2,1-3H3. The molecule has 0 aliphatic carbocycles. The van der Waals surface area contributed by atoms with Gasteiger partial charge in [0.2, 0.25) is 0 Å². The van der Waals surface area contributed by atoms with Crippen LogP contribution < -0.4 is 9.47 Å². The van der Waals surface area contributed by atoms with E-state index in [2.05, 4.69) is 25.1 Å². The first kappa shape index (κ1) is 27.9. The molecule has 0 saturated heterocycles. The number of pyridine rings is 1. The van der Waals surface area contributed by atoms with E-state index >= 15 is 0 Å². The van der Waals surface area contributed by atoms with Crippen LogP contribution in [0.25, 0.3) is 17.1 Å². The lowest BCUT2D eigenvalue weighted by Gasteiger charge is -2.18. The van der Waals surface area contributed by atoms with E-state index in [0.29, 0.717) is 6.20 Å². The van der Waals surface area contributed by atoms with E-state index in [4.69, 9.17) is 9.47 Å². The molecule has 0 N–H and O–H groups in total. The number of rotatable bonds is 9. The number of halogens is 4. The van der Waals surface area contributed by atoms with Gasteiger partial charge >= 0.3 is 6.18 Å². The Hall–Kier alpha value is -4.14. The van der Waals surface area contributed by atoms with E-state index in [9.17, 15) is 26.0 Å². The molecular weight excluding hydrogens is 544 g/mol. The highest BCUT2D eigenvalue weighted by atomic mass is 32.2. The number of methoxy groups -OCH3 is 2. The Kier molecular flexibility index (Phi) is 7.81. The highest BCUT2D eigenvalue weighted by molar-refractivity contribution is 7.91. The van der Waals surface area contributed by atoms with Crippen LogP contribution >= 0.6 is 0 Å². The van der Waals surface area contributed by atoms with E-state index in [-0.39, 0.29) is 46.6 Å². The predicted molar refractivity (Wildman–Crippen MR) is 130 cm³/mol. The first-order valence-electron chi connectivity index (χ1n) is 11.3. The summed E-state index contributed by atoms with van der Waals surface area (Å²) in [6.07, 6.45) is -1.11. The van der Waals surface area contributed by atoms with Crippen LogP contribution in [0.15, 0.2) is 49.1 Å². The van der Waals surface area contributed by atoms with Gasteiger partial charge in [-0.05, 0) is 25.1 Å². The number of sulfone groups is 1. The van der Waals surface area contributed by atoms with Gasteiger partial charge in [0.1, 0.15) is 28.8 Å². The topological polar surface area (TPSA) is 122 Å². The normalized spacial score (nSPS) is 12.8. The van der Waals surface area contributed by atoms with Gasteiger partial charge in [0.25, 0.3) is 0 Å². The van der Waals surface area contributed by atoms with E-state index in [1.807, 2.05) is 0 Å². The molecular formula is C24H22F4N6O4S. The lowest BCUT2D eigenvalue weighted by Crippen LogP contribution is -2.24. The summed E-state index contributed by atoms with van der Waals surface area (Å²) in [4.78, 5) is 11.3. The van der Waals surface area contributed by atoms with Crippen LogP contribution in [-0.4, -0.2) is 57.6 Å². The highest BCUT2D eigenvalue weighted by Crippen LogP contribution is 2.38. The fourth-order valence-corrected chi connectivity index (χ4v) is 4.99. The van der Waals surface area contributed by atoms with Crippen LogP contribution in [0.4, 0.5) is 17.6 Å². The fourth-order valence-electron chi connectivity index (χ4n) is 3.75. The SMILES string of the molecule is COc1cccc(OC)c1-n1c(CS(=O)(=O)C(C)Cc2ncc(F)cn2)nnc1-c1cncc(C(F)(F)F)c1. The third kappa shape index (κ3) is 5.97. The van der Waals surface area contributed by atoms with E-state index in [1.54, 1.807) is 18.2 Å². The van der Waals surface area contributed by atoms with Crippen molar-refractivity contribution in [2.24, 2.45) is 0 Å². The Morgan fingerprint density at radius 2 is 1.64 bits per heavy atom. The van der Waals surface area contributed by atoms with Gasteiger partial charge in [-0.15, -0.1) is 10.2 Å². The third-order valence-electron chi connectivity index (χ3n) is 5.77. The number of hydrogen-bond donors (Lipinski definition) is 0. The fraction of sp³-hybridized carbons (Fsp3) is 0.292. The van der Waals surface area contributed by atoms with Crippen molar-refractivity contribution in [1.82, 2.24) is 29.7 Å². The zero-order valence-electron chi connectivity index (χ0n) is 20.8. The van der Waals surface area contributed by atoms with Crippen molar-refractivity contribution >= 4 is 9.84 Å². The lowest BCUT2D eigenvalue weighted by atomic mass is 10.1. The summed E-state index contributed by atoms with van der Waals surface area (Å²) in [7, 11) is -1.23. The van der Waals surface area contributed by atoms with Crippen molar-refractivity contribution in [3.63, 3.8) is 0 Å². The Morgan fingerprint density at radius 1 is 1.00 bits per heavy atom. The molecule has 0 bridgehead atoms. The maximum Gasteiger partial charge on any atom is 0.417 e. The maximum absolute atomic E-state index is 13.4. The number of ether oxygens (including phenoxy) is 2. The summed E-state index contributed by atoms with van der Waals surface area (Å²) in [5, 5.41) is 7.05. The van der Waals surface area contributed by atoms with Crippen LogP contribution in [0.5, 0.6) is 11.5 Å². The number of para-hydroxylation sites is 1. The summed E-state index contributed by atoms with van der Waals surface area (Å²) in [5.74, 6) is -0.979. The molecule has 206 valence electrons. The molecule has 3 heterocycles. The molecule has 0 radical (unpaired) electrons. The van der Waals surface area contributed by atoms with Crippen molar-refractivity contribution in [2.75, 3.05) is 14.2 Å². The second-order valence-corrected chi connectivity index (χ2v) is 10.8. The van der Waals surface area contributed by atoms with E-state index in [1.165, 1.54) is 25.7 Å². The minimum atomic E-state index is -4.68. The van der Waals surface area contributed by atoms with Gasteiger partial charge < -0.3 is 9.47 Å². The molecule has 39 heavy (non-hydrogen) atoms. The number of aromatic nitrogens is 6. The van der Waals surface area contributed by atoms with Crippen LogP contribution in [-0.2, 0) is 28.2 Å². The largest absolute Gasteiger partial charge is 0.494 e. The predicted octanol–water partition coefficient (Wildman–Crippen LogP) is 3.84. The van der Waals surface area contributed by atoms with Gasteiger partial charge in [-0.1, -0.05) is 6.07 Å². The zero-order chi connectivity index (χ0) is 28.4. The minimum absolute atomic E-state index is 0.0679. The Morgan fingerprint density at radius 3 is 2.23 bits per heavy atom. The van der Waals surface area contributed by atoms with E-state index in [0.717, 1.165) is 24.7 Å². The molecule has 0 fully saturated rings. The van der Waals surface area contributed by atoms with Crippen molar-refractivity contribution in [3.8, 4) is 28.6 Å². The molecule has 1 unspecified atom stereocenters. The Bertz CT molecular complexity index is 1550. The smallest absolute Gasteiger partial charge is 0.417 e. The van der Waals surface area contributed by atoms with Crippen LogP contribution in [0.1, 0.15) is 24.1 Å². The van der Waals surface area contributed by atoms with Gasteiger partial charge in [0.05, 0.1) is 37.4 Å². The molecule has 0 amide bonds. The molecule has 1 aromatic carbocycles. The molecule has 4 rings (SSSR count). The zero-order valence-corrected chi connectivity index (χ0v) is 21.7. The molecule has 15 heteroatoms. The third-order valence-corrected chi connectivity index (χ3v) is 7.82. The van der Waals surface area contributed by atoms with Crippen molar-refractivity contribution < 1.29 is 35.5 Å². The molecule has 0 aliphatic heterocycles. The van der Waals surface area contributed by atoms with Crippen molar-refractivity contribution in [3.05, 3.63) is 72.1 Å². The van der Waals surface area contributed by atoms with E-state index < -0.39 is 38.4 Å². The number of nitrogens with zero attached hydrogens (tertiary/aromatic N) is 6. The number of alkyl halides is 3. The van der Waals surface area contributed by atoms with Crippen LogP contribution in [0, 0.1) is 5.82 Å². The Balaban J connectivity index is 1.84. The van der Waals surface area contributed by atoms with Gasteiger partial charge in [-0.3, -0.25) is 9.55 Å². The van der Waals surface area contributed by atoms with Crippen LogP contribution in [0.2, 0.25) is 0 Å². The summed E-state index contributed by atoms with van der Waals surface area (Å²) < 4.78 is 92.3. The minimum Gasteiger partial charge on any atom is -0.494 e. The molecule has 0 spiro atoms. The average Bonchev–Trinajstić information content (AvgIpc) is 3.31. The average molecular weight is 567 g/mol. The molecule has 1 atom stereocenters. The highest BCUT2D eigenvalue weighted by Gasteiger charge is 2.33. The molecule has 3 aromatic heterocycles. The molecule has 10 nitrogen and oxygen atoms in total. The molecule has 0 saturated carbocycles. The van der Waals surface area contributed by atoms with Gasteiger partial charge in [-0.2, -0.15) is 13.2 Å². The van der Waals surface area contributed by atoms with Crippen LogP contribution in [0.3, 0.4) is 0 Å². The molecule has 4 aromatic rings. The second kappa shape index (κ2) is 10.9. The van der Waals surface area contributed by atoms with Gasteiger partial charge in [0, 0.05) is 24.4 Å². The van der Waals surface area contributed by atoms with Gasteiger partial charge in [-0.25, -0.2) is 22.8 Å². The first-order valence-corrected chi connectivity index (χ1v) is 13.0. The summed E-state index contributed by atoms with van der Waals surface area (Å²) in [6, 6.07) is 5.60. The summed E-state index contributed by atoms with van der Waals surface area (Å²) in [6.45, 7) is 1.43. The second-order valence-electron chi connectivity index (χ2n) is 8.39. The van der Waals surface area contributed by atoms with Crippen molar-refractivity contribution in [1.29, 1.82) is 0 Å². The first-order chi connectivity index (χ1) is 18.4. The monoisotopic (exact) mass is 566 g/mol. The van der Waals surface area contributed by atoms with Crippen molar-refractivity contribution in [2.45, 2.75) is 30.5 Å². The molecule has 0 aliphatic rings.